The molecule has 0 N–H and O–H groups in total. The Balaban J connectivity index is 1.80. The molecule has 3 amide bonds. The fourth-order valence-electron chi connectivity index (χ4n) is 3.74. The van der Waals surface area contributed by atoms with Crippen LogP contribution in [0.4, 0.5) is 4.79 Å². The third kappa shape index (κ3) is 5.04. The number of urea groups is 1. The van der Waals surface area contributed by atoms with E-state index in [2.05, 4.69) is 9.97 Å². The number of hydrogen-bond acceptors (Lipinski definition) is 6. The van der Waals surface area contributed by atoms with Crippen LogP contribution in [0.3, 0.4) is 0 Å². The van der Waals surface area contributed by atoms with Gasteiger partial charge in [0.1, 0.15) is 23.7 Å². The lowest BCUT2D eigenvalue weighted by Gasteiger charge is -2.40. The predicted octanol–water partition coefficient (Wildman–Crippen LogP) is 2.28. The van der Waals surface area contributed by atoms with Crippen LogP contribution in [-0.2, 0) is 11.3 Å². The zero-order chi connectivity index (χ0) is 23.4. The van der Waals surface area contributed by atoms with Crippen molar-refractivity contribution in [1.29, 1.82) is 0 Å². The highest BCUT2D eigenvalue weighted by atomic mass is 16.5. The van der Waals surface area contributed by atoms with Crippen molar-refractivity contribution in [3.05, 3.63) is 58.7 Å². The average Bonchev–Trinajstić information content (AvgIpc) is 2.76. The molecule has 1 aliphatic rings. The number of rotatable bonds is 4. The van der Waals surface area contributed by atoms with Gasteiger partial charge in [0.25, 0.3) is 5.91 Å². The van der Waals surface area contributed by atoms with E-state index in [4.69, 9.17) is 4.74 Å². The Labute approximate surface area is 188 Å². The first kappa shape index (κ1) is 23.2. The lowest BCUT2D eigenvalue weighted by molar-refractivity contribution is 0.0453. The average molecular weight is 440 g/mol. The first-order valence-corrected chi connectivity index (χ1v) is 10.5. The Morgan fingerprint density at radius 3 is 2.41 bits per heavy atom. The molecule has 1 unspecified atom stereocenters. The Bertz CT molecular complexity index is 1010. The van der Waals surface area contributed by atoms with Gasteiger partial charge in [-0.1, -0.05) is 30.3 Å². The standard InChI is InChI=1S/C23H29N5O4/c1-15-13-27(11-12-28(15)23(31)26(4)5)21(29)20-19(16(2)24-17(3)25-20)22(30)32-14-18-9-7-6-8-10-18/h6-10,15H,11-14H2,1-5H3. The van der Waals surface area contributed by atoms with E-state index in [1.54, 1.807) is 37.7 Å². The van der Waals surface area contributed by atoms with Crippen molar-refractivity contribution < 1.29 is 19.1 Å². The van der Waals surface area contributed by atoms with E-state index in [9.17, 15) is 14.4 Å². The van der Waals surface area contributed by atoms with E-state index >= 15 is 0 Å². The van der Waals surface area contributed by atoms with Gasteiger partial charge in [0.05, 0.1) is 5.69 Å². The monoisotopic (exact) mass is 439 g/mol. The van der Waals surface area contributed by atoms with Gasteiger partial charge < -0.3 is 19.4 Å². The summed E-state index contributed by atoms with van der Waals surface area (Å²) in [6, 6.07) is 9.05. The molecule has 0 saturated carbocycles. The highest BCUT2D eigenvalue weighted by Gasteiger charge is 2.34. The smallest absolute Gasteiger partial charge is 0.342 e. The molecule has 1 aromatic carbocycles. The zero-order valence-corrected chi connectivity index (χ0v) is 19.2. The van der Waals surface area contributed by atoms with Crippen LogP contribution >= 0.6 is 0 Å². The molecule has 9 heteroatoms. The summed E-state index contributed by atoms with van der Waals surface area (Å²) in [4.78, 5) is 52.1. The van der Waals surface area contributed by atoms with E-state index in [0.717, 1.165) is 5.56 Å². The van der Waals surface area contributed by atoms with Crippen molar-refractivity contribution in [2.24, 2.45) is 0 Å². The van der Waals surface area contributed by atoms with Crippen LogP contribution in [0, 0.1) is 13.8 Å². The third-order valence-corrected chi connectivity index (χ3v) is 5.36. The normalized spacial score (nSPS) is 16.0. The van der Waals surface area contributed by atoms with E-state index in [0.29, 0.717) is 31.2 Å². The van der Waals surface area contributed by atoms with Crippen molar-refractivity contribution in [3.63, 3.8) is 0 Å². The Morgan fingerprint density at radius 1 is 1.09 bits per heavy atom. The van der Waals surface area contributed by atoms with Crippen LogP contribution in [0.1, 0.15) is 44.9 Å². The molecule has 0 spiro atoms. The summed E-state index contributed by atoms with van der Waals surface area (Å²) in [5.41, 5.74) is 1.35. The minimum absolute atomic E-state index is 0.0349. The van der Waals surface area contributed by atoms with Crippen molar-refractivity contribution in [3.8, 4) is 0 Å². The second-order valence-electron chi connectivity index (χ2n) is 8.11. The number of nitrogens with zero attached hydrogens (tertiary/aromatic N) is 5. The predicted molar refractivity (Wildman–Crippen MR) is 118 cm³/mol. The minimum atomic E-state index is -0.635. The molecule has 0 bridgehead atoms. The number of aryl methyl sites for hydroxylation is 2. The second-order valence-corrected chi connectivity index (χ2v) is 8.11. The largest absolute Gasteiger partial charge is 0.457 e. The van der Waals surface area contributed by atoms with Crippen LogP contribution in [-0.4, -0.2) is 82.3 Å². The van der Waals surface area contributed by atoms with E-state index in [1.165, 1.54) is 4.90 Å². The fraction of sp³-hybridized carbons (Fsp3) is 0.435. The summed E-state index contributed by atoms with van der Waals surface area (Å²) >= 11 is 0. The fourth-order valence-corrected chi connectivity index (χ4v) is 3.74. The molecule has 0 aliphatic carbocycles. The third-order valence-electron chi connectivity index (χ3n) is 5.36. The number of amides is 3. The van der Waals surface area contributed by atoms with Crippen molar-refractivity contribution >= 4 is 17.9 Å². The van der Waals surface area contributed by atoms with Gasteiger partial charge in [-0.15, -0.1) is 0 Å². The van der Waals surface area contributed by atoms with E-state index in [1.807, 2.05) is 37.3 Å². The Hall–Kier alpha value is -3.49. The number of ether oxygens (including phenoxy) is 1. The summed E-state index contributed by atoms with van der Waals surface area (Å²) in [6.07, 6.45) is 0. The van der Waals surface area contributed by atoms with Crippen LogP contribution in [0.2, 0.25) is 0 Å². The maximum absolute atomic E-state index is 13.4. The molecular formula is C23H29N5O4. The summed E-state index contributed by atoms with van der Waals surface area (Å²) in [5, 5.41) is 0. The molecule has 0 radical (unpaired) electrons. The van der Waals surface area contributed by atoms with Crippen molar-refractivity contribution in [1.82, 2.24) is 24.7 Å². The number of benzene rings is 1. The summed E-state index contributed by atoms with van der Waals surface area (Å²) in [6.45, 7) is 6.43. The maximum atomic E-state index is 13.4. The summed E-state index contributed by atoms with van der Waals surface area (Å²) < 4.78 is 5.46. The van der Waals surface area contributed by atoms with Gasteiger partial charge >= 0.3 is 12.0 Å². The number of carbonyl (C=O) groups excluding carboxylic acids is 3. The number of piperazine rings is 1. The second kappa shape index (κ2) is 9.76. The number of carbonyl (C=O) groups is 3. The van der Waals surface area contributed by atoms with Crippen LogP contribution in [0.5, 0.6) is 0 Å². The molecule has 1 aliphatic heterocycles. The van der Waals surface area contributed by atoms with Gasteiger partial charge in [0, 0.05) is 39.8 Å². The molecule has 170 valence electrons. The van der Waals surface area contributed by atoms with Gasteiger partial charge in [0.15, 0.2) is 0 Å². The van der Waals surface area contributed by atoms with Crippen LogP contribution in [0.15, 0.2) is 30.3 Å². The summed E-state index contributed by atoms with van der Waals surface area (Å²) in [5.74, 6) is -0.599. The minimum Gasteiger partial charge on any atom is -0.457 e. The van der Waals surface area contributed by atoms with E-state index in [-0.39, 0.29) is 35.8 Å². The highest BCUT2D eigenvalue weighted by molar-refractivity contribution is 6.04. The molecule has 2 aromatic rings. The highest BCUT2D eigenvalue weighted by Crippen LogP contribution is 2.19. The SMILES string of the molecule is Cc1nc(C)c(C(=O)OCc2ccccc2)c(C(=O)N2CCN(C(=O)N(C)C)C(C)C2)n1. The van der Waals surface area contributed by atoms with Gasteiger partial charge in [0.2, 0.25) is 0 Å². The van der Waals surface area contributed by atoms with Gasteiger partial charge in [-0.2, -0.15) is 0 Å². The quantitative estimate of drug-likeness (QED) is 0.678. The van der Waals surface area contributed by atoms with Crippen LogP contribution < -0.4 is 0 Å². The molecular weight excluding hydrogens is 410 g/mol. The molecule has 32 heavy (non-hydrogen) atoms. The van der Waals surface area contributed by atoms with Crippen molar-refractivity contribution in [2.45, 2.75) is 33.4 Å². The molecule has 2 heterocycles. The van der Waals surface area contributed by atoms with Crippen molar-refractivity contribution in [2.75, 3.05) is 33.7 Å². The topological polar surface area (TPSA) is 95.9 Å². The van der Waals surface area contributed by atoms with Crippen LogP contribution in [0.25, 0.3) is 0 Å². The maximum Gasteiger partial charge on any atom is 0.342 e. The molecule has 1 fully saturated rings. The van der Waals surface area contributed by atoms with E-state index < -0.39 is 5.97 Å². The number of hydrogen-bond donors (Lipinski definition) is 0. The first-order chi connectivity index (χ1) is 15.2. The molecule has 1 saturated heterocycles. The molecule has 3 rings (SSSR count). The number of aromatic nitrogens is 2. The molecule has 1 aromatic heterocycles. The Morgan fingerprint density at radius 2 is 1.78 bits per heavy atom. The lowest BCUT2D eigenvalue weighted by atomic mass is 10.1. The van der Waals surface area contributed by atoms with Gasteiger partial charge in [-0.25, -0.2) is 19.6 Å². The Kier molecular flexibility index (Phi) is 7.07. The molecule has 9 nitrogen and oxygen atoms in total. The first-order valence-electron chi connectivity index (χ1n) is 10.5. The molecule has 1 atom stereocenters. The van der Waals surface area contributed by atoms with Gasteiger partial charge in [-0.3, -0.25) is 4.79 Å². The summed E-state index contributed by atoms with van der Waals surface area (Å²) in [7, 11) is 3.40. The zero-order valence-electron chi connectivity index (χ0n) is 19.2. The van der Waals surface area contributed by atoms with Gasteiger partial charge in [-0.05, 0) is 26.3 Å². The lowest BCUT2D eigenvalue weighted by Crippen LogP contribution is -2.57. The number of esters is 1.